The molecule has 0 radical (unpaired) electrons. The van der Waals surface area contributed by atoms with Crippen molar-refractivity contribution in [2.24, 2.45) is 11.8 Å². The summed E-state index contributed by atoms with van der Waals surface area (Å²) in [5, 5.41) is 18.4. The van der Waals surface area contributed by atoms with Crippen LogP contribution in [0.25, 0.3) is 0 Å². The van der Waals surface area contributed by atoms with Crippen molar-refractivity contribution >= 4 is 23.9 Å². The van der Waals surface area contributed by atoms with Gasteiger partial charge in [0, 0.05) is 0 Å². The summed E-state index contributed by atoms with van der Waals surface area (Å²) in [6.45, 7) is 14.9. The van der Waals surface area contributed by atoms with Crippen molar-refractivity contribution in [2.75, 3.05) is 0 Å². The number of carbonyl (C=O) groups is 4. The fraction of sp³-hybridized carbons (Fsp3) is 0.600. The Morgan fingerprint density at radius 3 is 1.34 bits per heavy atom. The smallest absolute Gasteiger partial charge is 0.310 e. The lowest BCUT2D eigenvalue weighted by molar-refractivity contribution is -0.155. The molecule has 0 spiro atoms. The summed E-state index contributed by atoms with van der Waals surface area (Å²) >= 11 is 0. The monoisotopic (exact) mass is 696 g/mol. The summed E-state index contributed by atoms with van der Waals surface area (Å²) in [4.78, 5) is 46.3. The first-order valence-corrected chi connectivity index (χ1v) is 17.8. The van der Waals surface area contributed by atoms with Gasteiger partial charge in [-0.15, -0.1) is 0 Å². The van der Waals surface area contributed by atoms with E-state index in [-0.39, 0.29) is 48.8 Å². The number of aryl methyl sites for hydroxylation is 2. The Bertz CT molecular complexity index is 1370. The maximum atomic E-state index is 12.0. The third-order valence-electron chi connectivity index (χ3n) is 8.62. The predicted octanol–water partition coefficient (Wildman–Crippen LogP) is 7.53. The second-order valence-corrected chi connectivity index (χ2v) is 15.3. The number of hydrogen-bond donors (Lipinski definition) is 2. The van der Waals surface area contributed by atoms with Crippen molar-refractivity contribution in [1.82, 2.24) is 0 Å². The van der Waals surface area contributed by atoms with Gasteiger partial charge in [0.1, 0.15) is 22.7 Å². The fourth-order valence-corrected chi connectivity index (χ4v) is 6.16. The number of aliphatic carboxylic acids is 2. The molecular formula is C40H56O10. The molecule has 4 atom stereocenters. The van der Waals surface area contributed by atoms with Gasteiger partial charge in [-0.25, -0.2) is 0 Å². The van der Waals surface area contributed by atoms with Crippen LogP contribution < -0.4 is 9.47 Å². The molecule has 0 aromatic heterocycles. The Hall–Kier alpha value is -4.08. The number of fused-ring (bicyclic) bond motifs is 2. The Kier molecular flexibility index (Phi) is 14.3. The molecule has 2 heterocycles. The van der Waals surface area contributed by atoms with Gasteiger partial charge in [0.2, 0.25) is 0 Å². The van der Waals surface area contributed by atoms with E-state index >= 15 is 0 Å². The minimum Gasteiger partial charge on any atom is -0.490 e. The molecule has 0 amide bonds. The molecule has 2 aromatic carbocycles. The molecule has 0 unspecified atom stereocenters. The van der Waals surface area contributed by atoms with Crippen LogP contribution in [0.2, 0.25) is 0 Å². The van der Waals surface area contributed by atoms with E-state index in [0.717, 1.165) is 59.4 Å². The topological polar surface area (TPSA) is 146 Å². The average Bonchev–Trinajstić information content (AvgIpc) is 3.00. The second-order valence-electron chi connectivity index (χ2n) is 15.3. The van der Waals surface area contributed by atoms with Gasteiger partial charge in [-0.3, -0.25) is 19.2 Å². The molecule has 10 nitrogen and oxygen atoms in total. The SMILES string of the molecule is CC[C@@H](C[C@H]1CCc2cc(CC(=O)OC(C)(C)C)ccc2O1)C(=O)O.CC[C@H](C[C@H]1CCc2cc(CC(=O)OC(C)(C)C)ccc2O1)C(=O)O. The molecule has 276 valence electrons. The third-order valence-corrected chi connectivity index (χ3v) is 8.62. The van der Waals surface area contributed by atoms with Crippen molar-refractivity contribution in [1.29, 1.82) is 0 Å². The van der Waals surface area contributed by atoms with Crippen molar-refractivity contribution < 1.29 is 48.3 Å². The van der Waals surface area contributed by atoms with Gasteiger partial charge < -0.3 is 29.2 Å². The molecule has 2 aromatic rings. The fourth-order valence-electron chi connectivity index (χ4n) is 6.16. The predicted molar refractivity (Wildman–Crippen MR) is 190 cm³/mol. The first-order chi connectivity index (χ1) is 23.3. The molecular weight excluding hydrogens is 640 g/mol. The second kappa shape index (κ2) is 17.7. The van der Waals surface area contributed by atoms with Crippen molar-refractivity contribution in [3.63, 3.8) is 0 Å². The van der Waals surface area contributed by atoms with Gasteiger partial charge in [-0.05, 0) is 127 Å². The maximum absolute atomic E-state index is 12.0. The summed E-state index contributed by atoms with van der Waals surface area (Å²) in [6.07, 6.45) is 5.89. The highest BCUT2D eigenvalue weighted by molar-refractivity contribution is 5.74. The van der Waals surface area contributed by atoms with E-state index in [0.29, 0.717) is 25.7 Å². The summed E-state index contributed by atoms with van der Waals surface area (Å²) < 4.78 is 22.7. The zero-order valence-electron chi connectivity index (χ0n) is 31.0. The molecule has 0 saturated carbocycles. The number of esters is 2. The highest BCUT2D eigenvalue weighted by atomic mass is 16.6. The van der Waals surface area contributed by atoms with Gasteiger partial charge >= 0.3 is 23.9 Å². The highest BCUT2D eigenvalue weighted by Gasteiger charge is 2.28. The Labute approximate surface area is 296 Å². The molecule has 0 fully saturated rings. The quantitative estimate of drug-likeness (QED) is 0.214. The summed E-state index contributed by atoms with van der Waals surface area (Å²) in [6, 6.07) is 11.5. The lowest BCUT2D eigenvalue weighted by Gasteiger charge is -2.28. The van der Waals surface area contributed by atoms with Crippen LogP contribution >= 0.6 is 0 Å². The van der Waals surface area contributed by atoms with Crippen LogP contribution in [0.1, 0.15) is 116 Å². The number of rotatable bonds is 12. The molecule has 2 aliphatic rings. The number of carboxylic acids is 2. The minimum atomic E-state index is -0.760. The van der Waals surface area contributed by atoms with Crippen LogP contribution in [-0.4, -0.2) is 57.5 Å². The van der Waals surface area contributed by atoms with Crippen LogP contribution in [0.5, 0.6) is 11.5 Å². The summed E-state index contributed by atoms with van der Waals surface area (Å²) in [5.74, 6) is -1.14. The number of carboxylic acid groups (broad SMARTS) is 2. The summed E-state index contributed by atoms with van der Waals surface area (Å²) in [5.41, 5.74) is 2.99. The van der Waals surface area contributed by atoms with E-state index in [9.17, 15) is 29.4 Å². The molecule has 0 saturated heterocycles. The largest absolute Gasteiger partial charge is 0.490 e. The van der Waals surface area contributed by atoms with E-state index in [1.165, 1.54) is 0 Å². The standard InChI is InChI=1S/2C20H28O5/c2*1-5-14(19(22)23)12-16-8-7-15-10-13(6-9-17(15)24-16)11-18(21)25-20(2,3)4/h2*6,9-10,14,16H,5,7-8,11-12H2,1-4H3,(H,22,23)/t14-,16+;14-,16-/m01/s1. The van der Waals surface area contributed by atoms with Gasteiger partial charge in [0.15, 0.2) is 0 Å². The molecule has 2 aliphatic heterocycles. The molecule has 4 rings (SSSR count). The lowest BCUT2D eigenvalue weighted by Crippen LogP contribution is -2.28. The van der Waals surface area contributed by atoms with Gasteiger partial charge in [0.05, 0.1) is 36.9 Å². The molecule has 10 heteroatoms. The zero-order chi connectivity index (χ0) is 37.2. The number of hydrogen-bond acceptors (Lipinski definition) is 8. The van der Waals surface area contributed by atoms with Crippen molar-refractivity contribution in [3.05, 3.63) is 58.7 Å². The first kappa shape index (κ1) is 40.4. The van der Waals surface area contributed by atoms with Crippen LogP contribution in [0.4, 0.5) is 0 Å². The van der Waals surface area contributed by atoms with Crippen molar-refractivity contribution in [3.8, 4) is 11.5 Å². The molecule has 50 heavy (non-hydrogen) atoms. The first-order valence-electron chi connectivity index (χ1n) is 17.8. The van der Waals surface area contributed by atoms with E-state index in [4.69, 9.17) is 18.9 Å². The van der Waals surface area contributed by atoms with Crippen LogP contribution in [0.15, 0.2) is 36.4 Å². The summed E-state index contributed by atoms with van der Waals surface area (Å²) in [7, 11) is 0. The molecule has 2 N–H and O–H groups in total. The van der Waals surface area contributed by atoms with Crippen LogP contribution in [0, 0.1) is 11.8 Å². The lowest BCUT2D eigenvalue weighted by atomic mass is 9.92. The third kappa shape index (κ3) is 13.3. The van der Waals surface area contributed by atoms with Gasteiger partial charge in [0.25, 0.3) is 0 Å². The van der Waals surface area contributed by atoms with Gasteiger partial charge in [-0.2, -0.15) is 0 Å². The Morgan fingerprint density at radius 2 is 1.04 bits per heavy atom. The van der Waals surface area contributed by atoms with E-state index < -0.39 is 23.1 Å². The number of benzene rings is 2. The van der Waals surface area contributed by atoms with Crippen LogP contribution in [0.3, 0.4) is 0 Å². The van der Waals surface area contributed by atoms with E-state index in [1.807, 2.05) is 91.8 Å². The number of ether oxygens (including phenoxy) is 4. The maximum Gasteiger partial charge on any atom is 0.310 e. The molecule has 0 bridgehead atoms. The van der Waals surface area contributed by atoms with Crippen molar-refractivity contribution in [2.45, 2.75) is 143 Å². The Balaban J connectivity index is 0.000000270. The van der Waals surface area contributed by atoms with E-state index in [2.05, 4.69) is 0 Å². The zero-order valence-corrected chi connectivity index (χ0v) is 31.0. The number of carbonyl (C=O) groups excluding carboxylic acids is 2. The average molecular weight is 697 g/mol. The molecule has 0 aliphatic carbocycles. The van der Waals surface area contributed by atoms with E-state index in [1.54, 1.807) is 0 Å². The van der Waals surface area contributed by atoms with Crippen LogP contribution in [-0.2, 0) is 54.3 Å². The normalized spacial score (nSPS) is 18.0. The minimum absolute atomic E-state index is 0.0646. The highest BCUT2D eigenvalue weighted by Crippen LogP contribution is 2.33. The van der Waals surface area contributed by atoms with Gasteiger partial charge in [-0.1, -0.05) is 38.1 Å². The Morgan fingerprint density at radius 1 is 0.680 bits per heavy atom.